The minimum atomic E-state index is -3.85. The van der Waals surface area contributed by atoms with E-state index in [1.807, 2.05) is 0 Å². The van der Waals surface area contributed by atoms with Crippen molar-refractivity contribution in [3.8, 4) is 0 Å². The van der Waals surface area contributed by atoms with Gasteiger partial charge in [-0.25, -0.2) is 0 Å². The average Bonchev–Trinajstić information content (AvgIpc) is 1.59. The van der Waals surface area contributed by atoms with Gasteiger partial charge in [0.15, 0.2) is 0 Å². The predicted molar refractivity (Wildman–Crippen MR) is 46.6 cm³/mol. The van der Waals surface area contributed by atoms with E-state index in [4.69, 9.17) is 9.66 Å². The van der Waals surface area contributed by atoms with E-state index >= 15 is 0 Å². The van der Waals surface area contributed by atoms with E-state index in [0.29, 0.717) is 0 Å². The Morgan fingerprint density at radius 1 is 1.30 bits per heavy atom. The summed E-state index contributed by atoms with van der Waals surface area (Å²) in [5.41, 5.74) is 0. The third kappa shape index (κ3) is 16.3. The van der Waals surface area contributed by atoms with E-state index in [0.717, 1.165) is 0 Å². The first-order valence-electron chi connectivity index (χ1n) is 2.12. The van der Waals surface area contributed by atoms with E-state index < -0.39 is 10.1 Å². The van der Waals surface area contributed by atoms with Crippen molar-refractivity contribution in [2.45, 2.75) is 6.42 Å². The Bertz CT molecular complexity index is 145. The molecule has 0 aliphatic heterocycles. The zero-order valence-electron chi connectivity index (χ0n) is 5.45. The summed E-state index contributed by atoms with van der Waals surface area (Å²) in [6.07, 6.45) is 0.0961. The van der Waals surface area contributed by atoms with Gasteiger partial charge in [-0.3, -0.25) is 4.55 Å². The normalized spacial score (nSPS) is 9.40. The van der Waals surface area contributed by atoms with Crippen LogP contribution in [0.15, 0.2) is 0 Å². The Morgan fingerprint density at radius 3 is 1.80 bits per heavy atom. The van der Waals surface area contributed by atoms with Gasteiger partial charge in [-0.1, -0.05) is 0 Å². The van der Waals surface area contributed by atoms with Gasteiger partial charge in [0.1, 0.15) is 0 Å². The van der Waals surface area contributed by atoms with Crippen molar-refractivity contribution in [3.05, 3.63) is 0 Å². The summed E-state index contributed by atoms with van der Waals surface area (Å²) in [5, 5.41) is 8.05. The number of aliphatic hydroxyl groups excluding tert-OH is 1. The van der Waals surface area contributed by atoms with E-state index in [2.05, 4.69) is 0 Å². The van der Waals surface area contributed by atoms with Crippen LogP contribution in [0.5, 0.6) is 0 Å². The van der Waals surface area contributed by atoms with E-state index in [1.54, 1.807) is 0 Å². The summed E-state index contributed by atoms with van der Waals surface area (Å²) in [7, 11) is -3.85. The Morgan fingerprint density at radius 2 is 1.70 bits per heavy atom. The molecule has 0 fully saturated rings. The molecule has 10 heavy (non-hydrogen) atoms. The molecule has 0 heterocycles. The molecule has 0 spiro atoms. The van der Waals surface area contributed by atoms with E-state index in [9.17, 15) is 8.42 Å². The molecule has 0 bridgehead atoms. The molecule has 0 rings (SSSR count). The molecule has 66 valence electrons. The summed E-state index contributed by atoms with van der Waals surface area (Å²) < 4.78 is 27.7. The summed E-state index contributed by atoms with van der Waals surface area (Å²) >= 11 is 0. The maximum atomic E-state index is 9.83. The summed E-state index contributed by atoms with van der Waals surface area (Å²) in [6.45, 7) is -0.209. The first-order valence-corrected chi connectivity index (χ1v) is 3.73. The van der Waals surface area contributed by atoms with Crippen molar-refractivity contribution < 1.29 is 18.1 Å². The Labute approximate surface area is 96.0 Å². The van der Waals surface area contributed by atoms with Gasteiger partial charge in [-0.2, -0.15) is 8.42 Å². The van der Waals surface area contributed by atoms with Crippen LogP contribution in [0.4, 0.5) is 0 Å². The molecule has 0 amide bonds. The van der Waals surface area contributed by atoms with Crippen molar-refractivity contribution in [2.24, 2.45) is 0 Å². The third-order valence-corrected chi connectivity index (χ3v) is 1.36. The molecule has 0 saturated carbocycles. The monoisotopic (exact) mass is 484 g/mol. The van der Waals surface area contributed by atoms with Crippen molar-refractivity contribution in [1.82, 2.24) is 0 Å². The second-order valence-corrected chi connectivity index (χ2v) is 2.94. The fraction of sp³-hybridized carbons (Fsp3) is 1.00. The van der Waals surface area contributed by atoms with Crippen LogP contribution in [0.3, 0.4) is 0 Å². The first kappa shape index (κ1) is 17.6. The number of aliphatic hydroxyl groups is 1. The van der Waals surface area contributed by atoms with Crippen LogP contribution in [0.25, 0.3) is 0 Å². The van der Waals surface area contributed by atoms with Gasteiger partial charge in [-0.15, -0.1) is 0 Å². The average molecular weight is 482 g/mol. The van der Waals surface area contributed by atoms with Crippen LogP contribution >= 0.6 is 0 Å². The quantitative estimate of drug-likeness (QED) is 0.336. The minimum absolute atomic E-state index is 0. The van der Waals surface area contributed by atoms with Crippen molar-refractivity contribution in [3.63, 3.8) is 0 Å². The second-order valence-electron chi connectivity index (χ2n) is 1.36. The molecular weight excluding hydrogens is 469 g/mol. The van der Waals surface area contributed by atoms with Crippen molar-refractivity contribution in [1.29, 1.82) is 0 Å². The Hall–Kier alpha value is 1.54. The van der Waals surface area contributed by atoms with Gasteiger partial charge in [-0.05, 0) is 6.42 Å². The third-order valence-electron chi connectivity index (χ3n) is 0.560. The maximum absolute atomic E-state index is 9.83. The number of rotatable bonds is 3. The molecule has 0 aromatic carbocycles. The topological polar surface area (TPSA) is 74.6 Å². The first-order chi connectivity index (χ1) is 3.56. The van der Waals surface area contributed by atoms with Gasteiger partial charge >= 0.3 is 49.9 Å². The summed E-state index contributed by atoms with van der Waals surface area (Å²) in [5.74, 6) is -0.358. The molecule has 4 nitrogen and oxygen atoms in total. The molecule has 0 unspecified atom stereocenters. The van der Waals surface area contributed by atoms with Gasteiger partial charge < -0.3 is 5.11 Å². The standard InChI is InChI=1S/C3H8O4S.Bi.H2Te.3H/c4-2-1-3-8(5,6)7;;;;;/h4H,1-3H2,(H,5,6,7);;1H2;;;. The van der Waals surface area contributed by atoms with E-state index in [-0.39, 0.29) is 68.7 Å². The SMILES string of the molecule is O=S(=O)(O)CCCO.[BiH3].[TeH2]. The molecular formula is C3H13BiO4STe. The van der Waals surface area contributed by atoms with Gasteiger partial charge in [0.05, 0.1) is 5.75 Å². The Kier molecular flexibility index (Phi) is 15.2. The van der Waals surface area contributed by atoms with Gasteiger partial charge in [0.2, 0.25) is 0 Å². The molecule has 7 heteroatoms. The number of hydrogen-bond acceptors (Lipinski definition) is 3. The van der Waals surface area contributed by atoms with Crippen molar-refractivity contribution in [2.75, 3.05) is 12.4 Å². The van der Waals surface area contributed by atoms with Crippen LogP contribution in [-0.4, -0.2) is 80.3 Å². The zero-order valence-corrected chi connectivity index (χ0v) is 14.6. The molecule has 0 saturated heterocycles. The Balaban J connectivity index is -0.000000245. The second kappa shape index (κ2) is 8.64. The van der Waals surface area contributed by atoms with Gasteiger partial charge in [0, 0.05) is 6.61 Å². The molecule has 0 aliphatic carbocycles. The summed E-state index contributed by atoms with van der Waals surface area (Å²) in [6, 6.07) is 0. The molecule has 0 radical (unpaired) electrons. The molecule has 0 aliphatic rings. The van der Waals surface area contributed by atoms with E-state index in [1.165, 1.54) is 0 Å². The summed E-state index contributed by atoms with van der Waals surface area (Å²) in [4.78, 5) is 0. The molecule has 0 aromatic rings. The zero-order chi connectivity index (χ0) is 6.62. The fourth-order valence-corrected chi connectivity index (χ4v) is 0.741. The fourth-order valence-electron chi connectivity index (χ4n) is 0.247. The van der Waals surface area contributed by atoms with Crippen molar-refractivity contribution >= 4 is 60.0 Å². The van der Waals surface area contributed by atoms with Gasteiger partial charge in [0.25, 0.3) is 10.1 Å². The predicted octanol–water partition coefficient (Wildman–Crippen LogP) is -2.84. The van der Waals surface area contributed by atoms with Crippen LogP contribution in [0.2, 0.25) is 0 Å². The van der Waals surface area contributed by atoms with Crippen LogP contribution in [0, 0.1) is 0 Å². The number of hydrogen-bond donors (Lipinski definition) is 2. The van der Waals surface area contributed by atoms with Crippen LogP contribution < -0.4 is 0 Å². The van der Waals surface area contributed by atoms with Crippen LogP contribution in [0.1, 0.15) is 6.42 Å². The molecule has 0 aromatic heterocycles. The van der Waals surface area contributed by atoms with Crippen LogP contribution in [-0.2, 0) is 10.1 Å². The molecule has 0 atom stereocenters. The molecule has 2 N–H and O–H groups in total.